The Morgan fingerprint density at radius 3 is 2.29 bits per heavy atom. The van der Waals surface area contributed by atoms with Crippen LogP contribution in [0.4, 0.5) is 11.4 Å². The number of sulfonamides is 1. The molecule has 0 aromatic heterocycles. The van der Waals surface area contributed by atoms with Crippen LogP contribution in [0.25, 0.3) is 0 Å². The standard InChI is InChI=1S/C16H20N2O2S/c1-4-13-8-9-14(17)10-15(13)21(19,20)18-16-11(2)6-5-7-12(16)3/h5-10,18H,4,17H2,1-3H3. The highest BCUT2D eigenvalue weighted by Gasteiger charge is 2.20. The van der Waals surface area contributed by atoms with Gasteiger partial charge in [-0.3, -0.25) is 4.72 Å². The van der Waals surface area contributed by atoms with Crippen molar-refractivity contribution in [3.05, 3.63) is 53.1 Å². The summed E-state index contributed by atoms with van der Waals surface area (Å²) in [6, 6.07) is 10.6. The molecule has 3 N–H and O–H groups in total. The number of hydrogen-bond donors (Lipinski definition) is 2. The van der Waals surface area contributed by atoms with Gasteiger partial charge in [0.05, 0.1) is 10.6 Å². The minimum absolute atomic E-state index is 0.243. The predicted octanol–water partition coefficient (Wildman–Crippen LogP) is 3.25. The van der Waals surface area contributed by atoms with E-state index in [1.165, 1.54) is 6.07 Å². The molecule has 2 aromatic rings. The Morgan fingerprint density at radius 1 is 1.10 bits per heavy atom. The van der Waals surface area contributed by atoms with E-state index in [0.29, 0.717) is 17.8 Å². The van der Waals surface area contributed by atoms with Gasteiger partial charge in [-0.25, -0.2) is 8.42 Å². The first-order chi connectivity index (χ1) is 9.85. The summed E-state index contributed by atoms with van der Waals surface area (Å²) >= 11 is 0. The van der Waals surface area contributed by atoms with Crippen LogP contribution in [0.5, 0.6) is 0 Å². The van der Waals surface area contributed by atoms with Gasteiger partial charge in [-0.1, -0.05) is 31.2 Å². The lowest BCUT2D eigenvalue weighted by molar-refractivity contribution is 0.600. The molecule has 0 saturated heterocycles. The zero-order chi connectivity index (χ0) is 15.6. The average molecular weight is 304 g/mol. The summed E-state index contributed by atoms with van der Waals surface area (Å²) in [6.45, 7) is 5.68. The Labute approximate surface area is 126 Å². The first kappa shape index (κ1) is 15.4. The van der Waals surface area contributed by atoms with Gasteiger partial charge in [0, 0.05) is 5.69 Å². The summed E-state index contributed by atoms with van der Waals surface area (Å²) < 4.78 is 28.0. The second kappa shape index (κ2) is 5.77. The van der Waals surface area contributed by atoms with E-state index in [1.807, 2.05) is 39.0 Å². The van der Waals surface area contributed by atoms with Crippen LogP contribution in [0.1, 0.15) is 23.6 Å². The third-order valence-electron chi connectivity index (χ3n) is 3.48. The van der Waals surface area contributed by atoms with Crippen molar-refractivity contribution in [1.29, 1.82) is 0 Å². The van der Waals surface area contributed by atoms with Crippen molar-refractivity contribution in [2.75, 3.05) is 10.5 Å². The molecule has 0 aliphatic heterocycles. The summed E-state index contributed by atoms with van der Waals surface area (Å²) in [6.07, 6.45) is 0.628. The van der Waals surface area contributed by atoms with Gasteiger partial charge >= 0.3 is 0 Å². The van der Waals surface area contributed by atoms with Crippen LogP contribution in [0.3, 0.4) is 0 Å². The van der Waals surface area contributed by atoms with Crippen molar-refractivity contribution in [3.8, 4) is 0 Å². The number of nitrogens with two attached hydrogens (primary N) is 1. The molecule has 0 saturated carbocycles. The van der Waals surface area contributed by atoms with Crippen LogP contribution in [0.2, 0.25) is 0 Å². The number of nitrogens with one attached hydrogen (secondary N) is 1. The molecule has 0 fully saturated rings. The Balaban J connectivity index is 2.51. The van der Waals surface area contributed by atoms with Gasteiger partial charge in [0.1, 0.15) is 0 Å². The summed E-state index contributed by atoms with van der Waals surface area (Å²) in [5.74, 6) is 0. The van der Waals surface area contributed by atoms with E-state index in [-0.39, 0.29) is 4.90 Å². The van der Waals surface area contributed by atoms with Crippen LogP contribution < -0.4 is 10.5 Å². The Morgan fingerprint density at radius 2 is 1.71 bits per heavy atom. The van der Waals surface area contributed by atoms with Crippen LogP contribution in [-0.4, -0.2) is 8.42 Å². The van der Waals surface area contributed by atoms with Crippen LogP contribution in [0.15, 0.2) is 41.3 Å². The largest absolute Gasteiger partial charge is 0.399 e. The minimum atomic E-state index is -3.65. The van der Waals surface area contributed by atoms with Crippen molar-refractivity contribution in [1.82, 2.24) is 0 Å². The fourth-order valence-electron chi connectivity index (χ4n) is 2.28. The quantitative estimate of drug-likeness (QED) is 0.852. The van der Waals surface area contributed by atoms with Crippen LogP contribution in [-0.2, 0) is 16.4 Å². The maximum atomic E-state index is 12.7. The SMILES string of the molecule is CCc1ccc(N)cc1S(=O)(=O)Nc1c(C)cccc1C. The smallest absolute Gasteiger partial charge is 0.262 e. The fourth-order valence-corrected chi connectivity index (χ4v) is 3.83. The zero-order valence-electron chi connectivity index (χ0n) is 12.5. The van der Waals surface area contributed by atoms with E-state index < -0.39 is 10.0 Å². The third kappa shape index (κ3) is 3.19. The highest BCUT2D eigenvalue weighted by molar-refractivity contribution is 7.92. The van der Waals surface area contributed by atoms with Crippen molar-refractivity contribution < 1.29 is 8.42 Å². The number of hydrogen-bond acceptors (Lipinski definition) is 3. The molecule has 5 heteroatoms. The summed E-state index contributed by atoms with van der Waals surface area (Å²) in [5.41, 5.74) is 9.34. The van der Waals surface area contributed by atoms with E-state index in [0.717, 1.165) is 16.7 Å². The molecular formula is C16H20N2O2S. The van der Waals surface area contributed by atoms with Gasteiger partial charge < -0.3 is 5.73 Å². The number of anilines is 2. The van der Waals surface area contributed by atoms with Crippen molar-refractivity contribution in [2.45, 2.75) is 32.1 Å². The molecule has 0 amide bonds. The molecule has 0 aliphatic carbocycles. The minimum Gasteiger partial charge on any atom is -0.399 e. The van der Waals surface area contributed by atoms with Gasteiger partial charge in [-0.05, 0) is 49.1 Å². The molecule has 2 aromatic carbocycles. The van der Waals surface area contributed by atoms with E-state index in [2.05, 4.69) is 4.72 Å². The highest BCUT2D eigenvalue weighted by atomic mass is 32.2. The molecule has 4 nitrogen and oxygen atoms in total. The molecule has 21 heavy (non-hydrogen) atoms. The lowest BCUT2D eigenvalue weighted by Gasteiger charge is -2.15. The van der Waals surface area contributed by atoms with Crippen molar-refractivity contribution in [3.63, 3.8) is 0 Å². The Bertz CT molecular complexity index is 748. The van der Waals surface area contributed by atoms with Gasteiger partial charge in [-0.2, -0.15) is 0 Å². The summed E-state index contributed by atoms with van der Waals surface area (Å²) in [4.78, 5) is 0.243. The number of benzene rings is 2. The molecular weight excluding hydrogens is 284 g/mol. The lowest BCUT2D eigenvalue weighted by atomic mass is 10.1. The molecule has 0 unspecified atom stereocenters. The summed E-state index contributed by atoms with van der Waals surface area (Å²) in [7, 11) is -3.65. The first-order valence-electron chi connectivity index (χ1n) is 6.82. The fraction of sp³-hybridized carbons (Fsp3) is 0.250. The normalized spacial score (nSPS) is 11.4. The predicted molar refractivity (Wildman–Crippen MR) is 87.0 cm³/mol. The number of para-hydroxylation sites is 1. The average Bonchev–Trinajstić information content (AvgIpc) is 2.43. The van der Waals surface area contributed by atoms with Gasteiger partial charge in [0.2, 0.25) is 0 Å². The molecule has 0 heterocycles. The number of rotatable bonds is 4. The molecule has 0 atom stereocenters. The number of aryl methyl sites for hydroxylation is 3. The van der Waals surface area contributed by atoms with Crippen LogP contribution in [0, 0.1) is 13.8 Å². The monoisotopic (exact) mass is 304 g/mol. The van der Waals surface area contributed by atoms with E-state index >= 15 is 0 Å². The Hall–Kier alpha value is -2.01. The molecule has 2 rings (SSSR count). The third-order valence-corrected chi connectivity index (χ3v) is 4.91. The molecule has 0 radical (unpaired) electrons. The van der Waals surface area contributed by atoms with Gasteiger partial charge in [-0.15, -0.1) is 0 Å². The van der Waals surface area contributed by atoms with E-state index in [9.17, 15) is 8.42 Å². The van der Waals surface area contributed by atoms with Crippen LogP contribution >= 0.6 is 0 Å². The topological polar surface area (TPSA) is 72.2 Å². The van der Waals surface area contributed by atoms with Crippen molar-refractivity contribution in [2.24, 2.45) is 0 Å². The van der Waals surface area contributed by atoms with Gasteiger partial charge in [0.15, 0.2) is 0 Å². The molecule has 112 valence electrons. The lowest BCUT2D eigenvalue weighted by Crippen LogP contribution is -2.16. The maximum absolute atomic E-state index is 12.7. The highest BCUT2D eigenvalue weighted by Crippen LogP contribution is 2.26. The molecule has 0 bridgehead atoms. The Kier molecular flexibility index (Phi) is 4.23. The zero-order valence-corrected chi connectivity index (χ0v) is 13.3. The second-order valence-electron chi connectivity index (χ2n) is 5.09. The molecule has 0 spiro atoms. The summed E-state index contributed by atoms with van der Waals surface area (Å²) in [5, 5.41) is 0. The first-order valence-corrected chi connectivity index (χ1v) is 8.31. The second-order valence-corrected chi connectivity index (χ2v) is 6.74. The van der Waals surface area contributed by atoms with Crippen molar-refractivity contribution >= 4 is 21.4 Å². The molecule has 0 aliphatic rings. The number of nitrogen functional groups attached to an aromatic ring is 1. The maximum Gasteiger partial charge on any atom is 0.262 e. The van der Waals surface area contributed by atoms with E-state index in [1.54, 1.807) is 12.1 Å². The van der Waals surface area contributed by atoms with E-state index in [4.69, 9.17) is 5.73 Å². The van der Waals surface area contributed by atoms with Gasteiger partial charge in [0.25, 0.3) is 10.0 Å².